The Kier molecular flexibility index (Phi) is 41.7. The van der Waals surface area contributed by atoms with Gasteiger partial charge in [-0.2, -0.15) is 0 Å². The van der Waals surface area contributed by atoms with E-state index in [1.165, 1.54) is 199 Å². The summed E-state index contributed by atoms with van der Waals surface area (Å²) in [6, 6.07) is 0. The number of carbonyl (C=O) groups is 2. The predicted octanol–water partition coefficient (Wildman–Crippen LogP) is 15.6. The highest BCUT2D eigenvalue weighted by Gasteiger charge is 2.16. The van der Waals surface area contributed by atoms with E-state index in [9.17, 15) is 9.59 Å². The minimum Gasteiger partial charge on any atom is -0.466 e. The molecule has 0 spiro atoms. The molecule has 0 aromatic carbocycles. The lowest BCUT2D eigenvalue weighted by Crippen LogP contribution is -2.24. The van der Waals surface area contributed by atoms with Crippen LogP contribution in [0.1, 0.15) is 260 Å². The van der Waals surface area contributed by atoms with Crippen LogP contribution in [-0.2, 0) is 19.1 Å². The van der Waals surface area contributed by atoms with Gasteiger partial charge in [0.25, 0.3) is 0 Å². The van der Waals surface area contributed by atoms with Crippen molar-refractivity contribution in [1.29, 1.82) is 0 Å². The smallest absolute Gasteiger partial charge is 0.306 e. The van der Waals surface area contributed by atoms with Gasteiger partial charge in [-0.15, -0.1) is 0 Å². The summed E-state index contributed by atoms with van der Waals surface area (Å²) in [7, 11) is 0. The van der Waals surface area contributed by atoms with Gasteiger partial charge in [-0.1, -0.05) is 196 Å². The van der Waals surface area contributed by atoms with E-state index >= 15 is 0 Å². The van der Waals surface area contributed by atoms with Crippen LogP contribution < -0.4 is 0 Å². The van der Waals surface area contributed by atoms with Crippen molar-refractivity contribution < 1.29 is 19.1 Å². The molecular weight excluding hydrogens is 679 g/mol. The first-order chi connectivity index (χ1) is 26.9. The van der Waals surface area contributed by atoms with E-state index in [2.05, 4.69) is 46.4 Å². The minimum absolute atomic E-state index is 0.0393. The quantitative estimate of drug-likeness (QED) is 0.0455. The van der Waals surface area contributed by atoms with Gasteiger partial charge in [0.05, 0.1) is 13.2 Å². The van der Waals surface area contributed by atoms with Crippen LogP contribution in [0.15, 0.2) is 0 Å². The maximum Gasteiger partial charge on any atom is 0.306 e. The largest absolute Gasteiger partial charge is 0.466 e. The molecule has 0 fully saturated rings. The van der Waals surface area contributed by atoms with Gasteiger partial charge in [0.2, 0.25) is 0 Å². The molecule has 0 amide bonds. The zero-order valence-electron chi connectivity index (χ0n) is 38.4. The van der Waals surface area contributed by atoms with Crippen LogP contribution >= 0.6 is 0 Å². The van der Waals surface area contributed by atoms with E-state index in [1.807, 2.05) is 0 Å². The van der Waals surface area contributed by atoms with Crippen molar-refractivity contribution in [3.05, 3.63) is 0 Å². The van der Waals surface area contributed by atoms with Crippen molar-refractivity contribution in [3.63, 3.8) is 0 Å². The lowest BCUT2D eigenvalue weighted by Gasteiger charge is -2.21. The van der Waals surface area contributed by atoms with Crippen molar-refractivity contribution >= 4 is 11.9 Å². The highest BCUT2D eigenvalue weighted by Crippen LogP contribution is 2.25. The summed E-state index contributed by atoms with van der Waals surface area (Å²) in [5.74, 6) is 1.98. The second kappa shape index (κ2) is 42.5. The molecular formula is C50H99NO4. The third kappa shape index (κ3) is 37.0. The Morgan fingerprint density at radius 2 is 0.655 bits per heavy atom. The molecule has 5 nitrogen and oxygen atoms in total. The fraction of sp³-hybridized carbons (Fsp3) is 0.960. The first-order valence-corrected chi connectivity index (χ1v) is 25.0. The molecule has 0 radical (unpaired) electrons. The lowest BCUT2D eigenvalue weighted by molar-refractivity contribution is -0.146. The van der Waals surface area contributed by atoms with Gasteiger partial charge in [-0.05, 0) is 88.8 Å². The van der Waals surface area contributed by atoms with E-state index in [1.54, 1.807) is 0 Å². The van der Waals surface area contributed by atoms with Crippen LogP contribution in [0.25, 0.3) is 0 Å². The summed E-state index contributed by atoms with van der Waals surface area (Å²) < 4.78 is 11.4. The first-order valence-electron chi connectivity index (χ1n) is 25.0. The average molecular weight is 778 g/mol. The molecule has 0 saturated heterocycles. The molecule has 55 heavy (non-hydrogen) atoms. The number of rotatable bonds is 44. The Morgan fingerprint density at radius 3 is 1.00 bits per heavy atom. The first kappa shape index (κ1) is 53.9. The third-order valence-corrected chi connectivity index (χ3v) is 12.3. The zero-order chi connectivity index (χ0) is 40.5. The Labute approximate surface area is 345 Å². The fourth-order valence-electron chi connectivity index (χ4n) is 8.45. The lowest BCUT2D eigenvalue weighted by atomic mass is 9.90. The Balaban J connectivity index is 4.24. The number of carbonyl (C=O) groups excluding carboxylic acids is 2. The highest BCUT2D eigenvalue weighted by molar-refractivity contribution is 5.70. The molecule has 0 aromatic heterocycles. The molecule has 0 N–H and O–H groups in total. The van der Waals surface area contributed by atoms with Crippen LogP contribution in [0.3, 0.4) is 0 Å². The van der Waals surface area contributed by atoms with Crippen LogP contribution in [-0.4, -0.2) is 49.7 Å². The molecule has 0 unspecified atom stereocenters. The van der Waals surface area contributed by atoms with Crippen LogP contribution in [0.4, 0.5) is 0 Å². The van der Waals surface area contributed by atoms with Crippen LogP contribution in [0.5, 0.6) is 0 Å². The Morgan fingerprint density at radius 1 is 0.364 bits per heavy atom. The fourth-order valence-corrected chi connectivity index (χ4v) is 8.45. The number of hydrogen-bond acceptors (Lipinski definition) is 5. The van der Waals surface area contributed by atoms with Crippen molar-refractivity contribution in [3.8, 4) is 0 Å². The number of hydrogen-bond donors (Lipinski definition) is 0. The molecule has 0 aliphatic heterocycles. The van der Waals surface area contributed by atoms with Gasteiger partial charge in [0.1, 0.15) is 0 Å². The number of esters is 2. The van der Waals surface area contributed by atoms with Crippen molar-refractivity contribution in [2.24, 2.45) is 17.8 Å². The topological polar surface area (TPSA) is 55.8 Å². The van der Waals surface area contributed by atoms with Crippen molar-refractivity contribution in [2.75, 3.05) is 32.8 Å². The summed E-state index contributed by atoms with van der Waals surface area (Å²) in [6.07, 6.45) is 41.5. The molecule has 0 rings (SSSR count). The van der Waals surface area contributed by atoms with Gasteiger partial charge >= 0.3 is 11.9 Å². The number of ether oxygens (including phenoxy) is 2. The summed E-state index contributed by atoms with van der Waals surface area (Å²) in [5.41, 5.74) is 0. The number of unbranched alkanes of at least 4 members (excludes halogenated alkanes) is 18. The molecule has 0 saturated carbocycles. The summed E-state index contributed by atoms with van der Waals surface area (Å²) in [5, 5.41) is 0. The van der Waals surface area contributed by atoms with Gasteiger partial charge < -0.3 is 14.4 Å². The summed E-state index contributed by atoms with van der Waals surface area (Å²) >= 11 is 0. The predicted molar refractivity (Wildman–Crippen MR) is 240 cm³/mol. The van der Waals surface area contributed by atoms with Gasteiger partial charge in [0, 0.05) is 12.8 Å². The molecule has 0 aromatic rings. The Bertz CT molecular complexity index is 723. The van der Waals surface area contributed by atoms with Gasteiger partial charge in [-0.3, -0.25) is 9.59 Å². The molecule has 328 valence electrons. The van der Waals surface area contributed by atoms with E-state index in [-0.39, 0.29) is 11.9 Å². The van der Waals surface area contributed by atoms with Gasteiger partial charge in [0.15, 0.2) is 0 Å². The monoisotopic (exact) mass is 778 g/mol. The van der Waals surface area contributed by atoms with E-state index in [4.69, 9.17) is 9.47 Å². The minimum atomic E-state index is 0.0393. The molecule has 0 bridgehead atoms. The summed E-state index contributed by atoms with van der Waals surface area (Å²) in [4.78, 5) is 27.6. The second-order valence-corrected chi connectivity index (χ2v) is 17.4. The maximum absolute atomic E-state index is 12.5. The molecule has 0 atom stereocenters. The van der Waals surface area contributed by atoms with Gasteiger partial charge in [-0.25, -0.2) is 0 Å². The van der Waals surface area contributed by atoms with E-state index < -0.39 is 0 Å². The molecule has 5 heteroatoms. The Hall–Kier alpha value is -1.10. The normalized spacial score (nSPS) is 11.8. The molecule has 0 aliphatic rings. The van der Waals surface area contributed by atoms with Crippen LogP contribution in [0, 0.1) is 17.8 Å². The second-order valence-electron chi connectivity index (χ2n) is 17.4. The van der Waals surface area contributed by atoms with Crippen molar-refractivity contribution in [1.82, 2.24) is 4.90 Å². The van der Waals surface area contributed by atoms with Crippen LogP contribution in [0.2, 0.25) is 0 Å². The molecule has 0 aliphatic carbocycles. The van der Waals surface area contributed by atoms with E-state index in [0.29, 0.717) is 37.9 Å². The third-order valence-electron chi connectivity index (χ3n) is 12.3. The molecule has 0 heterocycles. The zero-order valence-corrected chi connectivity index (χ0v) is 38.4. The standard InChI is InChI=1S/C50H99NO4/c1-7-13-25-36-47(37-26-14-8-2)44-49(52)54-42-31-23-19-17-21-29-34-46(40-33-41-51(11-5)12-6)35-30-22-18-20-24-32-43-55-50(53)45-48(38-27-15-9-3)39-28-16-10-4/h46-48H,7-45H2,1-6H3. The highest BCUT2D eigenvalue weighted by atomic mass is 16.5. The average Bonchev–Trinajstić information content (AvgIpc) is 3.18. The number of nitrogens with zero attached hydrogens (tertiary/aromatic N) is 1. The SMILES string of the molecule is CCCCCC(CCCCC)CC(=O)OCCCCCCCCC(CCCCCCCCOC(=O)CC(CCCCC)CCCCC)CCCN(CC)CC. The van der Waals surface area contributed by atoms with E-state index in [0.717, 1.165) is 31.8 Å². The van der Waals surface area contributed by atoms with Crippen molar-refractivity contribution in [2.45, 2.75) is 260 Å². The maximum atomic E-state index is 12.5. The summed E-state index contributed by atoms with van der Waals surface area (Å²) in [6.45, 7) is 18.4.